The van der Waals surface area contributed by atoms with Crippen LogP contribution in [-0.4, -0.2) is 88.3 Å². The molecular formula is C32H44F2N4O8. The SMILES string of the molecule is CCC[C@H](NC(=O)[C@@H]1[C@H]2CCC(F)(F)[C@H]2CN1C(=O)[C@@H](NC(=O)OC(C)C)C(C)C)C(=O)C(=O)N[C@@H](Cc1ccccc1)C(=O)O. The van der Waals surface area contributed by atoms with Crippen molar-refractivity contribution in [2.75, 3.05) is 6.54 Å². The van der Waals surface area contributed by atoms with Crippen LogP contribution in [0.3, 0.4) is 0 Å². The number of carbonyl (C=O) groups excluding carboxylic acids is 5. The maximum absolute atomic E-state index is 14.9. The fraction of sp³-hybridized carbons (Fsp3) is 0.625. The molecule has 1 aromatic carbocycles. The van der Waals surface area contributed by atoms with Gasteiger partial charge >= 0.3 is 12.1 Å². The first-order valence-electron chi connectivity index (χ1n) is 15.6. The molecule has 1 aromatic rings. The maximum atomic E-state index is 14.9. The maximum Gasteiger partial charge on any atom is 0.408 e. The van der Waals surface area contributed by atoms with Crippen LogP contribution in [0.15, 0.2) is 30.3 Å². The number of Topliss-reactive ketones (excluding diaryl/α,β-unsaturated/α-hetero) is 1. The molecule has 1 aliphatic carbocycles. The summed E-state index contributed by atoms with van der Waals surface area (Å²) < 4.78 is 35.0. The highest BCUT2D eigenvalue weighted by molar-refractivity contribution is 6.38. The van der Waals surface area contributed by atoms with Crippen LogP contribution in [0.2, 0.25) is 0 Å². The number of carbonyl (C=O) groups is 6. The largest absolute Gasteiger partial charge is 0.480 e. The van der Waals surface area contributed by atoms with Gasteiger partial charge in [-0.15, -0.1) is 0 Å². The van der Waals surface area contributed by atoms with Gasteiger partial charge in [-0.05, 0) is 44.1 Å². The van der Waals surface area contributed by atoms with Crippen LogP contribution in [0.1, 0.15) is 65.9 Å². The second kappa shape index (κ2) is 15.5. The highest BCUT2D eigenvalue weighted by atomic mass is 19.3. The third kappa shape index (κ3) is 8.79. The lowest BCUT2D eigenvalue weighted by Crippen LogP contribution is -2.59. The number of ketones is 1. The Balaban J connectivity index is 1.83. The van der Waals surface area contributed by atoms with Gasteiger partial charge in [0.15, 0.2) is 0 Å². The second-order valence-corrected chi connectivity index (χ2v) is 12.6. The minimum absolute atomic E-state index is 0.00342. The number of alkyl carbamates (subject to hydrolysis) is 1. The van der Waals surface area contributed by atoms with Gasteiger partial charge in [-0.1, -0.05) is 57.5 Å². The Morgan fingerprint density at radius 1 is 1.00 bits per heavy atom. The standard InChI is InChI=1S/C32H44F2N4O8/c1-6-10-22(26(39)28(41)36-23(30(43)44)15-19-11-8-7-9-12-19)35-27(40)25-20-13-14-32(33,34)21(20)16-38(25)29(42)24(17(2)3)37-31(45)46-18(4)5/h7-9,11-12,17-18,20-25H,6,10,13-16H2,1-5H3,(H,35,40)(H,36,41)(H,37,45)(H,43,44)/t20-,21-,22-,23-,24-,25-/m0/s1. The molecule has 1 aliphatic heterocycles. The van der Waals surface area contributed by atoms with E-state index in [0.717, 1.165) is 4.90 Å². The van der Waals surface area contributed by atoms with Crippen LogP contribution < -0.4 is 16.0 Å². The summed E-state index contributed by atoms with van der Waals surface area (Å²) in [4.78, 5) is 79.1. The number of hydrogen-bond donors (Lipinski definition) is 4. The molecule has 1 heterocycles. The monoisotopic (exact) mass is 650 g/mol. The number of halogens is 2. The van der Waals surface area contributed by atoms with E-state index in [-0.39, 0.29) is 19.3 Å². The summed E-state index contributed by atoms with van der Waals surface area (Å²) in [5.41, 5.74) is 0.613. The number of alkyl halides is 2. The summed E-state index contributed by atoms with van der Waals surface area (Å²) in [5, 5.41) is 16.9. The van der Waals surface area contributed by atoms with E-state index in [9.17, 15) is 42.7 Å². The van der Waals surface area contributed by atoms with Crippen molar-refractivity contribution in [1.82, 2.24) is 20.9 Å². The fourth-order valence-electron chi connectivity index (χ4n) is 6.14. The molecule has 46 heavy (non-hydrogen) atoms. The van der Waals surface area contributed by atoms with Gasteiger partial charge in [-0.25, -0.2) is 18.4 Å². The fourth-order valence-corrected chi connectivity index (χ4v) is 6.14. The number of carboxylic acids is 1. The van der Waals surface area contributed by atoms with Gasteiger partial charge in [0.25, 0.3) is 11.8 Å². The average molecular weight is 651 g/mol. The van der Waals surface area contributed by atoms with Crippen molar-refractivity contribution in [1.29, 1.82) is 0 Å². The van der Waals surface area contributed by atoms with E-state index < -0.39 is 102 Å². The van der Waals surface area contributed by atoms with Crippen molar-refractivity contribution in [2.24, 2.45) is 17.8 Å². The van der Waals surface area contributed by atoms with Gasteiger partial charge in [0.05, 0.1) is 12.1 Å². The minimum atomic E-state index is -3.14. The van der Waals surface area contributed by atoms with Crippen LogP contribution in [-0.2, 0) is 35.1 Å². The lowest BCUT2D eigenvalue weighted by atomic mass is 9.91. The zero-order valence-corrected chi connectivity index (χ0v) is 26.8. The summed E-state index contributed by atoms with van der Waals surface area (Å²) in [6.45, 7) is 7.80. The molecule has 0 aromatic heterocycles. The van der Waals surface area contributed by atoms with E-state index in [0.29, 0.717) is 12.0 Å². The van der Waals surface area contributed by atoms with Crippen molar-refractivity contribution in [2.45, 2.75) is 103 Å². The van der Waals surface area contributed by atoms with E-state index >= 15 is 0 Å². The lowest BCUT2D eigenvalue weighted by molar-refractivity contribution is -0.146. The predicted octanol–water partition coefficient (Wildman–Crippen LogP) is 2.68. The summed E-state index contributed by atoms with van der Waals surface area (Å²) in [7, 11) is 0. The number of carboxylic acid groups (broad SMARTS) is 1. The first-order chi connectivity index (χ1) is 21.6. The van der Waals surface area contributed by atoms with E-state index in [1.165, 1.54) is 0 Å². The molecular weight excluding hydrogens is 606 g/mol. The number of likely N-dealkylation sites (tertiary alicyclic amines) is 1. The molecule has 14 heteroatoms. The second-order valence-electron chi connectivity index (χ2n) is 12.6. The molecule has 12 nitrogen and oxygen atoms in total. The lowest BCUT2D eigenvalue weighted by Gasteiger charge is -2.33. The predicted molar refractivity (Wildman–Crippen MR) is 162 cm³/mol. The molecule has 2 fully saturated rings. The van der Waals surface area contributed by atoms with Crippen molar-refractivity contribution in [3.63, 3.8) is 0 Å². The quantitative estimate of drug-likeness (QED) is 0.223. The zero-order chi connectivity index (χ0) is 34.3. The van der Waals surface area contributed by atoms with Crippen LogP contribution >= 0.6 is 0 Å². The summed E-state index contributed by atoms with van der Waals surface area (Å²) in [5.74, 6) is -11.2. The molecule has 4 N–H and O–H groups in total. The Morgan fingerprint density at radius 3 is 2.22 bits per heavy atom. The number of hydrogen-bond acceptors (Lipinski definition) is 7. The normalized spacial score (nSPS) is 22.0. The van der Waals surface area contributed by atoms with E-state index in [4.69, 9.17) is 4.74 Å². The Kier molecular flexibility index (Phi) is 12.2. The van der Waals surface area contributed by atoms with Crippen molar-refractivity contribution in [3.8, 4) is 0 Å². The zero-order valence-electron chi connectivity index (χ0n) is 26.8. The van der Waals surface area contributed by atoms with E-state index in [1.807, 2.05) is 0 Å². The number of benzene rings is 1. The minimum Gasteiger partial charge on any atom is -0.480 e. The van der Waals surface area contributed by atoms with Gasteiger partial charge in [-0.3, -0.25) is 19.2 Å². The number of rotatable bonds is 14. The Bertz CT molecular complexity index is 1290. The Hall–Kier alpha value is -4.10. The van der Waals surface area contributed by atoms with E-state index in [1.54, 1.807) is 65.0 Å². The van der Waals surface area contributed by atoms with Gasteiger partial charge < -0.3 is 30.7 Å². The molecule has 0 unspecified atom stereocenters. The molecule has 0 bridgehead atoms. The molecule has 3 rings (SSSR count). The topological polar surface area (TPSA) is 171 Å². The number of ether oxygens (including phenoxy) is 1. The Morgan fingerprint density at radius 2 is 1.65 bits per heavy atom. The smallest absolute Gasteiger partial charge is 0.408 e. The first-order valence-corrected chi connectivity index (χ1v) is 15.6. The molecule has 0 spiro atoms. The van der Waals surface area contributed by atoms with Crippen molar-refractivity contribution in [3.05, 3.63) is 35.9 Å². The average Bonchev–Trinajstić information content (AvgIpc) is 3.51. The number of aliphatic carboxylic acids is 1. The number of nitrogens with zero attached hydrogens (tertiary/aromatic N) is 1. The number of nitrogens with one attached hydrogen (secondary N) is 3. The summed E-state index contributed by atoms with van der Waals surface area (Å²) in [6.07, 6.45) is -1.65. The van der Waals surface area contributed by atoms with E-state index in [2.05, 4.69) is 16.0 Å². The third-order valence-electron chi connectivity index (χ3n) is 8.43. The van der Waals surface area contributed by atoms with Crippen LogP contribution in [0.5, 0.6) is 0 Å². The summed E-state index contributed by atoms with van der Waals surface area (Å²) in [6, 6.07) is 3.08. The number of amides is 4. The summed E-state index contributed by atoms with van der Waals surface area (Å²) >= 11 is 0. The van der Waals surface area contributed by atoms with Gasteiger partial charge in [-0.2, -0.15) is 0 Å². The van der Waals surface area contributed by atoms with Gasteiger partial charge in [0.2, 0.25) is 17.6 Å². The molecule has 4 amide bonds. The van der Waals surface area contributed by atoms with Gasteiger partial charge in [0, 0.05) is 25.3 Å². The van der Waals surface area contributed by atoms with Crippen LogP contribution in [0.4, 0.5) is 13.6 Å². The molecule has 6 atom stereocenters. The highest BCUT2D eigenvalue weighted by Gasteiger charge is 2.61. The highest BCUT2D eigenvalue weighted by Crippen LogP contribution is 2.51. The first kappa shape index (κ1) is 36.4. The molecule has 254 valence electrons. The molecule has 1 saturated heterocycles. The molecule has 2 aliphatic rings. The Labute approximate surface area is 267 Å². The van der Waals surface area contributed by atoms with Crippen molar-refractivity contribution < 1.29 is 47.4 Å². The molecule has 0 radical (unpaired) electrons. The third-order valence-corrected chi connectivity index (χ3v) is 8.43. The molecule has 1 saturated carbocycles. The van der Waals surface area contributed by atoms with Crippen LogP contribution in [0, 0.1) is 17.8 Å². The van der Waals surface area contributed by atoms with Crippen molar-refractivity contribution >= 4 is 35.6 Å². The number of fused-ring (bicyclic) bond motifs is 1. The van der Waals surface area contributed by atoms with Gasteiger partial charge in [0.1, 0.15) is 18.1 Å². The van der Waals surface area contributed by atoms with Crippen LogP contribution in [0.25, 0.3) is 0 Å².